The van der Waals surface area contributed by atoms with Crippen LogP contribution in [0.3, 0.4) is 0 Å². The van der Waals surface area contributed by atoms with Gasteiger partial charge in [-0.2, -0.15) is 0 Å². The Morgan fingerprint density at radius 3 is 2.25 bits per heavy atom. The Morgan fingerprint density at radius 1 is 0.969 bits per heavy atom. The molecule has 3 aromatic rings. The van der Waals surface area contributed by atoms with Gasteiger partial charge >= 0.3 is 0 Å². The molecule has 5 nitrogen and oxygen atoms in total. The van der Waals surface area contributed by atoms with E-state index in [1.165, 1.54) is 29.0 Å². The molecule has 0 N–H and O–H groups in total. The zero-order valence-corrected chi connectivity index (χ0v) is 19.7. The van der Waals surface area contributed by atoms with E-state index in [0.717, 1.165) is 22.2 Å². The molecule has 1 fully saturated rings. The average molecular weight is 472 g/mol. The van der Waals surface area contributed by atoms with Gasteiger partial charge in [0.2, 0.25) is 0 Å². The van der Waals surface area contributed by atoms with Crippen LogP contribution in [0.1, 0.15) is 36.9 Å². The minimum absolute atomic E-state index is 0.0667. The van der Waals surface area contributed by atoms with Crippen molar-refractivity contribution in [2.45, 2.75) is 20.8 Å². The fourth-order valence-electron chi connectivity index (χ4n) is 3.85. The van der Waals surface area contributed by atoms with Crippen molar-refractivity contribution in [3.8, 4) is 10.6 Å². The van der Waals surface area contributed by atoms with Gasteiger partial charge in [-0.15, -0.1) is 11.3 Å². The highest BCUT2D eigenvalue weighted by atomic mass is 35.5. The van der Waals surface area contributed by atoms with E-state index in [0.29, 0.717) is 36.8 Å². The van der Waals surface area contributed by atoms with Gasteiger partial charge in [0, 0.05) is 31.7 Å². The number of rotatable bonds is 3. The zero-order valence-electron chi connectivity index (χ0n) is 18.1. The van der Waals surface area contributed by atoms with Crippen molar-refractivity contribution < 1.29 is 14.0 Å². The van der Waals surface area contributed by atoms with Crippen molar-refractivity contribution >= 4 is 34.8 Å². The molecular weight excluding hydrogens is 449 g/mol. The van der Waals surface area contributed by atoms with E-state index in [1.54, 1.807) is 9.80 Å². The number of hydrogen-bond donors (Lipinski definition) is 0. The predicted octanol–water partition coefficient (Wildman–Crippen LogP) is 5.13. The van der Waals surface area contributed by atoms with Crippen LogP contribution in [0.2, 0.25) is 5.02 Å². The smallest absolute Gasteiger partial charge is 0.265 e. The van der Waals surface area contributed by atoms with Crippen LogP contribution < -0.4 is 0 Å². The molecule has 32 heavy (non-hydrogen) atoms. The first-order valence-corrected chi connectivity index (χ1v) is 11.5. The van der Waals surface area contributed by atoms with Gasteiger partial charge < -0.3 is 9.80 Å². The van der Waals surface area contributed by atoms with E-state index in [9.17, 15) is 14.0 Å². The van der Waals surface area contributed by atoms with Gasteiger partial charge in [-0.25, -0.2) is 9.37 Å². The molecule has 0 radical (unpaired) electrons. The van der Waals surface area contributed by atoms with Gasteiger partial charge in [-0.05, 0) is 44.5 Å². The third-order valence-electron chi connectivity index (χ3n) is 5.62. The number of hydrogen-bond acceptors (Lipinski definition) is 4. The van der Waals surface area contributed by atoms with Crippen molar-refractivity contribution in [2.75, 3.05) is 26.2 Å². The normalized spacial score (nSPS) is 14.0. The van der Waals surface area contributed by atoms with E-state index in [-0.39, 0.29) is 22.4 Å². The van der Waals surface area contributed by atoms with Gasteiger partial charge in [-0.3, -0.25) is 9.59 Å². The van der Waals surface area contributed by atoms with Crippen LogP contribution in [-0.2, 0) is 0 Å². The van der Waals surface area contributed by atoms with E-state index in [4.69, 9.17) is 11.6 Å². The van der Waals surface area contributed by atoms with E-state index in [2.05, 4.69) is 11.1 Å². The summed E-state index contributed by atoms with van der Waals surface area (Å²) in [6, 6.07) is 9.95. The molecule has 1 saturated heterocycles. The lowest BCUT2D eigenvalue weighted by Crippen LogP contribution is -2.50. The summed E-state index contributed by atoms with van der Waals surface area (Å²) in [4.78, 5) is 34.6. The number of benzene rings is 2. The Balaban J connectivity index is 1.46. The first-order valence-electron chi connectivity index (χ1n) is 10.3. The largest absolute Gasteiger partial charge is 0.335 e. The van der Waals surface area contributed by atoms with E-state index >= 15 is 0 Å². The molecule has 0 unspecified atom stereocenters. The van der Waals surface area contributed by atoms with Gasteiger partial charge in [0.15, 0.2) is 0 Å². The molecule has 2 amide bonds. The summed E-state index contributed by atoms with van der Waals surface area (Å²) in [5, 5.41) is 0.927. The number of thiazole rings is 1. The van der Waals surface area contributed by atoms with Crippen molar-refractivity contribution in [2.24, 2.45) is 0 Å². The minimum Gasteiger partial charge on any atom is -0.335 e. The quantitative estimate of drug-likeness (QED) is 0.532. The maximum atomic E-state index is 13.3. The molecule has 0 atom stereocenters. The van der Waals surface area contributed by atoms with Crippen molar-refractivity contribution in [3.63, 3.8) is 0 Å². The molecule has 2 aromatic carbocycles. The monoisotopic (exact) mass is 471 g/mol. The number of carbonyl (C=O) groups excluding carboxylic acids is 2. The average Bonchev–Trinajstić information content (AvgIpc) is 3.14. The van der Waals surface area contributed by atoms with E-state index in [1.807, 2.05) is 32.9 Å². The zero-order chi connectivity index (χ0) is 23.0. The summed E-state index contributed by atoms with van der Waals surface area (Å²) in [6.07, 6.45) is 0. The van der Waals surface area contributed by atoms with Crippen molar-refractivity contribution in [1.82, 2.24) is 14.8 Å². The summed E-state index contributed by atoms with van der Waals surface area (Å²) in [5.41, 5.74) is 4.33. The Morgan fingerprint density at radius 2 is 1.62 bits per heavy atom. The molecule has 0 bridgehead atoms. The van der Waals surface area contributed by atoms with Gasteiger partial charge in [0.25, 0.3) is 11.8 Å². The van der Waals surface area contributed by atoms with Crippen LogP contribution in [0.5, 0.6) is 0 Å². The summed E-state index contributed by atoms with van der Waals surface area (Å²) < 4.78 is 13.3. The third-order valence-corrected chi connectivity index (χ3v) is 7.11. The maximum absolute atomic E-state index is 13.3. The second-order valence-electron chi connectivity index (χ2n) is 7.96. The lowest BCUT2D eigenvalue weighted by Gasteiger charge is -2.34. The van der Waals surface area contributed by atoms with Gasteiger partial charge in [0.1, 0.15) is 15.7 Å². The molecule has 1 aliphatic heterocycles. The summed E-state index contributed by atoms with van der Waals surface area (Å²) in [5.74, 6) is -0.807. The molecule has 8 heteroatoms. The van der Waals surface area contributed by atoms with Crippen LogP contribution in [0.15, 0.2) is 36.4 Å². The second kappa shape index (κ2) is 9.00. The summed E-state index contributed by atoms with van der Waals surface area (Å²) >= 11 is 7.44. The molecule has 0 aliphatic carbocycles. The third kappa shape index (κ3) is 4.40. The number of carbonyl (C=O) groups is 2. The van der Waals surface area contributed by atoms with Crippen LogP contribution in [0.4, 0.5) is 4.39 Å². The number of amides is 2. The standard InChI is InChI=1S/C24H23ClFN3O2S/c1-14-4-6-18(15(2)12-14)22-27-16(3)21(32-22)24(31)29-10-8-28(9-11-29)23(30)19-7-5-17(26)13-20(19)25/h4-7,12-13H,8-11H2,1-3H3. The summed E-state index contributed by atoms with van der Waals surface area (Å²) in [7, 11) is 0. The highest BCUT2D eigenvalue weighted by Gasteiger charge is 2.28. The van der Waals surface area contributed by atoms with Gasteiger partial charge in [-0.1, -0.05) is 35.4 Å². The number of halogens is 2. The Hall–Kier alpha value is -2.77. The van der Waals surface area contributed by atoms with Crippen molar-refractivity contribution in [1.29, 1.82) is 0 Å². The highest BCUT2D eigenvalue weighted by Crippen LogP contribution is 2.31. The van der Waals surface area contributed by atoms with Crippen LogP contribution in [-0.4, -0.2) is 52.8 Å². The Kier molecular flexibility index (Phi) is 6.31. The predicted molar refractivity (Wildman–Crippen MR) is 125 cm³/mol. The fourth-order valence-corrected chi connectivity index (χ4v) is 5.23. The minimum atomic E-state index is -0.484. The van der Waals surface area contributed by atoms with Crippen molar-refractivity contribution in [3.05, 3.63) is 74.5 Å². The second-order valence-corrected chi connectivity index (χ2v) is 9.37. The molecular formula is C24H23ClFN3O2S. The number of nitrogens with zero attached hydrogens (tertiary/aromatic N) is 3. The molecule has 166 valence electrons. The van der Waals surface area contributed by atoms with E-state index < -0.39 is 5.82 Å². The Labute approximate surface area is 195 Å². The lowest BCUT2D eigenvalue weighted by atomic mass is 10.1. The molecule has 2 heterocycles. The SMILES string of the molecule is Cc1ccc(-c2nc(C)c(C(=O)N3CCN(C(=O)c4ccc(F)cc4Cl)CC3)s2)c(C)c1. The molecule has 1 aromatic heterocycles. The van der Waals surface area contributed by atoms with Crippen LogP contribution in [0, 0.1) is 26.6 Å². The number of aryl methyl sites for hydroxylation is 3. The van der Waals surface area contributed by atoms with Gasteiger partial charge in [0.05, 0.1) is 16.3 Å². The molecule has 4 rings (SSSR count). The highest BCUT2D eigenvalue weighted by molar-refractivity contribution is 7.17. The van der Waals surface area contributed by atoms with Crippen LogP contribution >= 0.6 is 22.9 Å². The van der Waals surface area contributed by atoms with Crippen LogP contribution in [0.25, 0.3) is 10.6 Å². The summed E-state index contributed by atoms with van der Waals surface area (Å²) in [6.45, 7) is 7.56. The number of piperazine rings is 1. The fraction of sp³-hybridized carbons (Fsp3) is 0.292. The first-order chi connectivity index (χ1) is 15.2. The molecule has 0 saturated carbocycles. The number of aromatic nitrogens is 1. The molecule has 1 aliphatic rings. The first kappa shape index (κ1) is 22.4. The Bertz CT molecular complexity index is 1200. The topological polar surface area (TPSA) is 53.5 Å². The molecule has 0 spiro atoms. The lowest BCUT2D eigenvalue weighted by molar-refractivity contribution is 0.0537. The maximum Gasteiger partial charge on any atom is 0.265 e.